The monoisotopic (exact) mass is 296 g/mol. The zero-order chi connectivity index (χ0) is 15.0. The standard InChI is InChI=1S/C18H32O3/c19-16-15-18(17(20)21-16)13-11-9-7-5-3-1-2-4-6-8-10-12-14-18/h17,20H,1-15H2. The number of aliphatic hydroxyl groups is 1. The van der Waals surface area contributed by atoms with Crippen LogP contribution in [0.5, 0.6) is 0 Å². The van der Waals surface area contributed by atoms with Gasteiger partial charge in [-0.3, -0.25) is 4.79 Å². The van der Waals surface area contributed by atoms with Gasteiger partial charge in [0.05, 0.1) is 6.42 Å². The van der Waals surface area contributed by atoms with Gasteiger partial charge < -0.3 is 9.84 Å². The summed E-state index contributed by atoms with van der Waals surface area (Å²) in [6.07, 6.45) is 16.9. The Balaban J connectivity index is 1.87. The van der Waals surface area contributed by atoms with Crippen LogP contribution in [0.25, 0.3) is 0 Å². The molecule has 0 aromatic rings. The minimum absolute atomic E-state index is 0.208. The molecular weight excluding hydrogens is 264 g/mol. The average Bonchev–Trinajstić information content (AvgIpc) is 2.73. The maximum Gasteiger partial charge on any atom is 0.308 e. The Morgan fingerprint density at radius 2 is 1.14 bits per heavy atom. The summed E-state index contributed by atoms with van der Waals surface area (Å²) in [5, 5.41) is 10.2. The highest BCUT2D eigenvalue weighted by Gasteiger charge is 2.47. The molecule has 3 heteroatoms. The van der Waals surface area contributed by atoms with Crippen molar-refractivity contribution in [1.29, 1.82) is 0 Å². The molecule has 1 spiro atoms. The molecule has 1 aliphatic carbocycles. The molecule has 3 nitrogen and oxygen atoms in total. The Bertz CT molecular complexity index is 298. The van der Waals surface area contributed by atoms with E-state index in [2.05, 4.69) is 0 Å². The van der Waals surface area contributed by atoms with Crippen molar-refractivity contribution in [3.05, 3.63) is 0 Å². The van der Waals surface area contributed by atoms with Gasteiger partial charge in [0, 0.05) is 5.41 Å². The molecule has 1 heterocycles. The Hall–Kier alpha value is -0.570. The van der Waals surface area contributed by atoms with E-state index in [1.165, 1.54) is 64.2 Å². The van der Waals surface area contributed by atoms with Gasteiger partial charge in [-0.2, -0.15) is 0 Å². The average molecular weight is 296 g/mol. The van der Waals surface area contributed by atoms with Gasteiger partial charge in [0.25, 0.3) is 0 Å². The molecule has 2 fully saturated rings. The molecule has 1 unspecified atom stereocenters. The van der Waals surface area contributed by atoms with E-state index < -0.39 is 6.29 Å². The highest BCUT2D eigenvalue weighted by Crippen LogP contribution is 2.44. The van der Waals surface area contributed by atoms with E-state index in [1.54, 1.807) is 0 Å². The summed E-state index contributed by atoms with van der Waals surface area (Å²) in [6.45, 7) is 0. The highest BCUT2D eigenvalue weighted by molar-refractivity contribution is 5.72. The van der Waals surface area contributed by atoms with Gasteiger partial charge >= 0.3 is 5.97 Å². The molecule has 21 heavy (non-hydrogen) atoms. The summed E-state index contributed by atoms with van der Waals surface area (Å²) in [6, 6.07) is 0. The Labute approximate surface area is 129 Å². The van der Waals surface area contributed by atoms with Crippen molar-refractivity contribution in [1.82, 2.24) is 0 Å². The molecule has 2 aliphatic rings. The Kier molecular flexibility index (Phi) is 7.01. The molecule has 1 aliphatic heterocycles. The lowest BCUT2D eigenvalue weighted by molar-refractivity contribution is -0.162. The van der Waals surface area contributed by atoms with Crippen molar-refractivity contribution in [3.63, 3.8) is 0 Å². The molecule has 0 aromatic carbocycles. The van der Waals surface area contributed by atoms with E-state index in [0.717, 1.165) is 25.7 Å². The van der Waals surface area contributed by atoms with Crippen LogP contribution in [-0.2, 0) is 9.53 Å². The Morgan fingerprint density at radius 3 is 1.48 bits per heavy atom. The first kappa shape index (κ1) is 16.8. The minimum atomic E-state index is -0.860. The first-order valence-electron chi connectivity index (χ1n) is 9.11. The quantitative estimate of drug-likeness (QED) is 0.658. The zero-order valence-electron chi connectivity index (χ0n) is 13.4. The number of esters is 1. The number of hydrogen-bond donors (Lipinski definition) is 1. The van der Waals surface area contributed by atoms with Crippen LogP contribution in [0.4, 0.5) is 0 Å². The van der Waals surface area contributed by atoms with Gasteiger partial charge in [-0.1, -0.05) is 77.0 Å². The van der Waals surface area contributed by atoms with Gasteiger partial charge in [0.2, 0.25) is 6.29 Å². The van der Waals surface area contributed by atoms with Crippen LogP contribution in [0.1, 0.15) is 96.3 Å². The van der Waals surface area contributed by atoms with Crippen LogP contribution in [0, 0.1) is 5.41 Å². The molecule has 0 radical (unpaired) electrons. The number of rotatable bonds is 0. The lowest BCUT2D eigenvalue weighted by atomic mass is 9.76. The van der Waals surface area contributed by atoms with E-state index in [1.807, 2.05) is 0 Å². The second-order valence-electron chi connectivity index (χ2n) is 7.12. The molecule has 1 saturated carbocycles. The molecule has 1 atom stereocenters. The molecule has 0 bridgehead atoms. The van der Waals surface area contributed by atoms with Crippen LogP contribution >= 0.6 is 0 Å². The van der Waals surface area contributed by atoms with E-state index in [-0.39, 0.29) is 11.4 Å². The zero-order valence-corrected chi connectivity index (χ0v) is 13.4. The molecular formula is C18H32O3. The summed E-state index contributed by atoms with van der Waals surface area (Å²) < 4.78 is 5.06. The first-order valence-corrected chi connectivity index (χ1v) is 9.11. The summed E-state index contributed by atoms with van der Waals surface area (Å²) in [4.78, 5) is 11.6. The SMILES string of the molecule is O=C1CC2(CCCCCCCCCCCCCC2)C(O)O1. The molecule has 2 rings (SSSR count). The van der Waals surface area contributed by atoms with Crippen LogP contribution in [0.2, 0.25) is 0 Å². The second kappa shape index (κ2) is 8.77. The largest absolute Gasteiger partial charge is 0.435 e. The lowest BCUT2D eigenvalue weighted by Gasteiger charge is -2.29. The summed E-state index contributed by atoms with van der Waals surface area (Å²) in [5.74, 6) is -0.208. The van der Waals surface area contributed by atoms with E-state index in [9.17, 15) is 9.90 Å². The normalized spacial score (nSPS) is 29.6. The highest BCUT2D eigenvalue weighted by atomic mass is 16.6. The first-order chi connectivity index (χ1) is 10.2. The smallest absolute Gasteiger partial charge is 0.308 e. The lowest BCUT2D eigenvalue weighted by Crippen LogP contribution is -2.31. The van der Waals surface area contributed by atoms with E-state index >= 15 is 0 Å². The number of aliphatic hydroxyl groups excluding tert-OH is 1. The van der Waals surface area contributed by atoms with Crippen molar-refractivity contribution >= 4 is 5.97 Å². The van der Waals surface area contributed by atoms with E-state index in [0.29, 0.717) is 6.42 Å². The summed E-state index contributed by atoms with van der Waals surface area (Å²) >= 11 is 0. The second-order valence-corrected chi connectivity index (χ2v) is 7.12. The third kappa shape index (κ3) is 5.28. The fraction of sp³-hybridized carbons (Fsp3) is 0.944. The fourth-order valence-electron chi connectivity index (χ4n) is 3.94. The minimum Gasteiger partial charge on any atom is -0.435 e. The van der Waals surface area contributed by atoms with Crippen LogP contribution < -0.4 is 0 Å². The number of ether oxygens (including phenoxy) is 1. The van der Waals surface area contributed by atoms with Crippen molar-refractivity contribution in [2.24, 2.45) is 5.41 Å². The molecule has 1 N–H and O–H groups in total. The Morgan fingerprint density at radius 1 is 0.762 bits per heavy atom. The van der Waals surface area contributed by atoms with E-state index in [4.69, 9.17) is 4.74 Å². The topological polar surface area (TPSA) is 46.5 Å². The van der Waals surface area contributed by atoms with Crippen molar-refractivity contribution in [2.45, 2.75) is 103 Å². The van der Waals surface area contributed by atoms with Crippen LogP contribution in [0.15, 0.2) is 0 Å². The molecule has 122 valence electrons. The van der Waals surface area contributed by atoms with Gasteiger partial charge in [0.15, 0.2) is 0 Å². The maximum absolute atomic E-state index is 11.6. The summed E-state index contributed by atoms with van der Waals surface area (Å²) in [7, 11) is 0. The number of carbonyl (C=O) groups excluding carboxylic acids is 1. The predicted octanol–water partition coefficient (Wildman–Crippen LogP) is 4.71. The van der Waals surface area contributed by atoms with Gasteiger partial charge in [-0.15, -0.1) is 0 Å². The van der Waals surface area contributed by atoms with Crippen molar-refractivity contribution in [3.8, 4) is 0 Å². The summed E-state index contributed by atoms with van der Waals surface area (Å²) in [5.41, 5.74) is -0.280. The number of cyclic esters (lactones) is 1. The van der Waals surface area contributed by atoms with Crippen LogP contribution in [-0.4, -0.2) is 17.4 Å². The molecule has 0 aromatic heterocycles. The van der Waals surface area contributed by atoms with Crippen molar-refractivity contribution < 1.29 is 14.6 Å². The third-order valence-corrected chi connectivity index (χ3v) is 5.36. The fourth-order valence-corrected chi connectivity index (χ4v) is 3.94. The van der Waals surface area contributed by atoms with Gasteiger partial charge in [0.1, 0.15) is 0 Å². The molecule has 1 saturated heterocycles. The number of carbonyl (C=O) groups is 1. The van der Waals surface area contributed by atoms with Gasteiger partial charge in [-0.25, -0.2) is 0 Å². The van der Waals surface area contributed by atoms with Gasteiger partial charge in [-0.05, 0) is 12.8 Å². The predicted molar refractivity (Wildman–Crippen MR) is 83.8 cm³/mol. The maximum atomic E-state index is 11.6. The van der Waals surface area contributed by atoms with Crippen molar-refractivity contribution in [2.75, 3.05) is 0 Å². The molecule has 0 amide bonds. The number of hydrogen-bond acceptors (Lipinski definition) is 3. The third-order valence-electron chi connectivity index (χ3n) is 5.36. The van der Waals surface area contributed by atoms with Crippen LogP contribution in [0.3, 0.4) is 0 Å².